The van der Waals surface area contributed by atoms with E-state index in [4.69, 9.17) is 4.74 Å². The van der Waals surface area contributed by atoms with Gasteiger partial charge in [0.25, 0.3) is 0 Å². The lowest BCUT2D eigenvalue weighted by Crippen LogP contribution is -2.34. The van der Waals surface area contributed by atoms with Gasteiger partial charge in [-0.25, -0.2) is 13.2 Å². The Morgan fingerprint density at radius 2 is 1.96 bits per heavy atom. The van der Waals surface area contributed by atoms with Crippen LogP contribution in [0.5, 0.6) is 0 Å². The molecule has 1 unspecified atom stereocenters. The SMILES string of the molecule is O=C(OCc1ccccc1)N1CCC(c2cccs2)S(=O)(=O)CC1. The first-order valence-corrected chi connectivity index (χ1v) is 10.4. The Kier molecular flexibility index (Phi) is 5.20. The van der Waals surface area contributed by atoms with E-state index in [1.807, 2.05) is 47.8 Å². The molecule has 128 valence electrons. The van der Waals surface area contributed by atoms with Crippen LogP contribution in [0.2, 0.25) is 0 Å². The zero-order chi connectivity index (χ0) is 17.0. The lowest BCUT2D eigenvalue weighted by atomic mass is 10.2. The molecule has 0 spiro atoms. The fraction of sp³-hybridized carbons (Fsp3) is 0.353. The van der Waals surface area contributed by atoms with E-state index in [1.54, 1.807) is 0 Å². The van der Waals surface area contributed by atoms with E-state index in [2.05, 4.69) is 0 Å². The summed E-state index contributed by atoms with van der Waals surface area (Å²) in [7, 11) is -3.26. The molecule has 5 nitrogen and oxygen atoms in total. The standard InChI is InChI=1S/C17H19NO4S2/c19-17(22-13-14-5-2-1-3-6-14)18-9-8-16(15-7-4-11-23-15)24(20,21)12-10-18/h1-7,11,16H,8-10,12-13H2. The van der Waals surface area contributed by atoms with Crippen molar-refractivity contribution in [3.63, 3.8) is 0 Å². The zero-order valence-electron chi connectivity index (χ0n) is 13.1. The minimum absolute atomic E-state index is 0.0317. The summed E-state index contributed by atoms with van der Waals surface area (Å²) < 4.78 is 30.3. The van der Waals surface area contributed by atoms with E-state index in [-0.39, 0.29) is 18.9 Å². The number of sulfone groups is 1. The zero-order valence-corrected chi connectivity index (χ0v) is 14.8. The van der Waals surface area contributed by atoms with E-state index in [1.165, 1.54) is 16.2 Å². The maximum atomic E-state index is 12.5. The summed E-state index contributed by atoms with van der Waals surface area (Å²) in [6.07, 6.45) is -0.0515. The molecular weight excluding hydrogens is 346 g/mol. The van der Waals surface area contributed by atoms with Crippen molar-refractivity contribution in [2.24, 2.45) is 0 Å². The molecule has 2 heterocycles. The molecule has 0 bridgehead atoms. The number of ether oxygens (including phenoxy) is 1. The normalized spacial score (nSPS) is 20.3. The Morgan fingerprint density at radius 3 is 2.67 bits per heavy atom. The summed E-state index contributed by atoms with van der Waals surface area (Å²) in [4.78, 5) is 14.6. The highest BCUT2D eigenvalue weighted by molar-refractivity contribution is 7.91. The van der Waals surface area contributed by atoms with Gasteiger partial charge in [-0.1, -0.05) is 36.4 Å². The summed E-state index contributed by atoms with van der Waals surface area (Å²) >= 11 is 1.44. The molecule has 0 aliphatic carbocycles. The Morgan fingerprint density at radius 1 is 1.17 bits per heavy atom. The molecule has 0 saturated carbocycles. The second kappa shape index (κ2) is 7.36. The van der Waals surface area contributed by atoms with Crippen LogP contribution < -0.4 is 0 Å². The Balaban J connectivity index is 1.63. The summed E-state index contributed by atoms with van der Waals surface area (Å²) in [6, 6.07) is 13.1. The maximum absolute atomic E-state index is 12.5. The van der Waals surface area contributed by atoms with Gasteiger partial charge in [-0.15, -0.1) is 11.3 Å². The number of nitrogens with zero attached hydrogens (tertiary/aromatic N) is 1. The van der Waals surface area contributed by atoms with Crippen LogP contribution in [0.15, 0.2) is 47.8 Å². The van der Waals surface area contributed by atoms with Crippen LogP contribution in [0.25, 0.3) is 0 Å². The van der Waals surface area contributed by atoms with Gasteiger partial charge in [-0.2, -0.15) is 0 Å². The summed E-state index contributed by atoms with van der Waals surface area (Å²) in [5, 5.41) is 1.35. The molecule has 1 fully saturated rings. The monoisotopic (exact) mass is 365 g/mol. The molecular formula is C17H19NO4S2. The number of hydrogen-bond donors (Lipinski definition) is 0. The average molecular weight is 365 g/mol. The smallest absolute Gasteiger partial charge is 0.410 e. The van der Waals surface area contributed by atoms with Crippen molar-refractivity contribution in [1.82, 2.24) is 4.90 Å². The third-order valence-electron chi connectivity index (χ3n) is 4.06. The second-order valence-electron chi connectivity index (χ2n) is 5.69. The first-order chi connectivity index (χ1) is 11.6. The number of carbonyl (C=O) groups is 1. The number of amides is 1. The van der Waals surface area contributed by atoms with Crippen LogP contribution in [0.1, 0.15) is 22.1 Å². The average Bonchev–Trinajstić information content (AvgIpc) is 3.05. The molecule has 1 aliphatic rings. The predicted octanol–water partition coefficient (Wildman–Crippen LogP) is 3.25. The number of rotatable bonds is 3. The van der Waals surface area contributed by atoms with Crippen LogP contribution in [0.3, 0.4) is 0 Å². The first kappa shape index (κ1) is 17.0. The van der Waals surface area contributed by atoms with Gasteiger partial charge in [0.05, 0.1) is 11.0 Å². The van der Waals surface area contributed by atoms with Crippen LogP contribution in [0.4, 0.5) is 4.79 Å². The van der Waals surface area contributed by atoms with E-state index in [9.17, 15) is 13.2 Å². The fourth-order valence-electron chi connectivity index (χ4n) is 2.73. The molecule has 1 aliphatic heterocycles. The molecule has 1 aromatic heterocycles. The van der Waals surface area contributed by atoms with Crippen LogP contribution in [-0.4, -0.2) is 38.3 Å². The molecule has 0 radical (unpaired) electrons. The maximum Gasteiger partial charge on any atom is 0.410 e. The van der Waals surface area contributed by atoms with Gasteiger partial charge in [-0.05, 0) is 23.4 Å². The van der Waals surface area contributed by atoms with E-state index < -0.39 is 21.2 Å². The van der Waals surface area contributed by atoms with Crippen molar-refractivity contribution < 1.29 is 17.9 Å². The highest BCUT2D eigenvalue weighted by atomic mass is 32.2. The van der Waals surface area contributed by atoms with Crippen molar-refractivity contribution >= 4 is 27.3 Å². The van der Waals surface area contributed by atoms with Crippen LogP contribution in [-0.2, 0) is 21.2 Å². The molecule has 7 heteroatoms. The lowest BCUT2D eigenvalue weighted by Gasteiger charge is -2.19. The molecule has 1 amide bonds. The van der Waals surface area contributed by atoms with Gasteiger partial charge >= 0.3 is 6.09 Å². The first-order valence-electron chi connectivity index (χ1n) is 7.77. The molecule has 1 atom stereocenters. The summed E-state index contributed by atoms with van der Waals surface area (Å²) in [6.45, 7) is 0.754. The largest absolute Gasteiger partial charge is 0.445 e. The van der Waals surface area contributed by atoms with Crippen molar-refractivity contribution in [3.8, 4) is 0 Å². The van der Waals surface area contributed by atoms with Gasteiger partial charge in [0.1, 0.15) is 6.61 Å². The molecule has 24 heavy (non-hydrogen) atoms. The summed E-state index contributed by atoms with van der Waals surface area (Å²) in [5.41, 5.74) is 0.907. The minimum Gasteiger partial charge on any atom is -0.445 e. The topological polar surface area (TPSA) is 63.7 Å². The van der Waals surface area contributed by atoms with E-state index in [0.29, 0.717) is 13.0 Å². The molecule has 1 aromatic carbocycles. The third kappa shape index (κ3) is 3.96. The molecule has 3 rings (SSSR count). The quantitative estimate of drug-likeness (QED) is 0.838. The highest BCUT2D eigenvalue weighted by Crippen LogP contribution is 2.32. The van der Waals surface area contributed by atoms with Crippen molar-refractivity contribution in [2.75, 3.05) is 18.8 Å². The van der Waals surface area contributed by atoms with E-state index >= 15 is 0 Å². The van der Waals surface area contributed by atoms with Gasteiger partial charge in [-0.3, -0.25) is 0 Å². The van der Waals surface area contributed by atoms with Crippen molar-refractivity contribution in [2.45, 2.75) is 18.3 Å². The highest BCUT2D eigenvalue weighted by Gasteiger charge is 2.33. The Hall–Kier alpha value is -1.86. The molecule has 2 aromatic rings. The van der Waals surface area contributed by atoms with Gasteiger partial charge in [0, 0.05) is 18.0 Å². The van der Waals surface area contributed by atoms with Crippen LogP contribution >= 0.6 is 11.3 Å². The number of benzene rings is 1. The second-order valence-corrected chi connectivity index (χ2v) is 8.97. The number of carbonyl (C=O) groups excluding carboxylic acids is 1. The fourth-order valence-corrected chi connectivity index (χ4v) is 5.73. The third-order valence-corrected chi connectivity index (χ3v) is 7.31. The molecule has 0 N–H and O–H groups in total. The summed E-state index contributed by atoms with van der Waals surface area (Å²) in [5.74, 6) is -0.0317. The van der Waals surface area contributed by atoms with Gasteiger partial charge < -0.3 is 9.64 Å². The van der Waals surface area contributed by atoms with Gasteiger partial charge in [0.15, 0.2) is 9.84 Å². The predicted molar refractivity (Wildman–Crippen MR) is 93.7 cm³/mol. The van der Waals surface area contributed by atoms with Crippen molar-refractivity contribution in [1.29, 1.82) is 0 Å². The Labute approximate surface area is 145 Å². The van der Waals surface area contributed by atoms with E-state index in [0.717, 1.165) is 10.4 Å². The van der Waals surface area contributed by atoms with Crippen LogP contribution in [0, 0.1) is 0 Å². The van der Waals surface area contributed by atoms with Gasteiger partial charge in [0.2, 0.25) is 0 Å². The molecule has 1 saturated heterocycles. The minimum atomic E-state index is -3.26. The number of thiophene rings is 1. The van der Waals surface area contributed by atoms with Crippen molar-refractivity contribution in [3.05, 3.63) is 58.3 Å². The Bertz CT molecular complexity index is 772. The lowest BCUT2D eigenvalue weighted by molar-refractivity contribution is 0.0985. The number of hydrogen-bond acceptors (Lipinski definition) is 5.